The molecule has 1 amide bonds. The predicted molar refractivity (Wildman–Crippen MR) is 74.9 cm³/mol. The first-order valence-electron chi connectivity index (χ1n) is 6.76. The fourth-order valence-electron chi connectivity index (χ4n) is 2.37. The van der Waals surface area contributed by atoms with Gasteiger partial charge in [0.25, 0.3) is 5.91 Å². The molecule has 0 atom stereocenters. The summed E-state index contributed by atoms with van der Waals surface area (Å²) in [5.74, 6) is 0.0275. The molecular formula is C15H22N2O. The molecule has 1 aromatic carbocycles. The van der Waals surface area contributed by atoms with Crippen molar-refractivity contribution < 1.29 is 4.79 Å². The highest BCUT2D eigenvalue weighted by molar-refractivity contribution is 5.99. The Morgan fingerprint density at radius 1 is 1.33 bits per heavy atom. The Hall–Kier alpha value is -1.51. The monoisotopic (exact) mass is 246 g/mol. The second-order valence-electron chi connectivity index (χ2n) is 5.42. The smallest absolute Gasteiger partial charge is 0.253 e. The van der Waals surface area contributed by atoms with Crippen molar-refractivity contribution in [3.05, 3.63) is 29.8 Å². The normalized spacial score (nSPS) is 16.8. The zero-order valence-corrected chi connectivity index (χ0v) is 11.3. The number of amides is 1. The Morgan fingerprint density at radius 2 is 2.06 bits per heavy atom. The first-order valence-corrected chi connectivity index (χ1v) is 6.76. The van der Waals surface area contributed by atoms with Crippen molar-refractivity contribution in [2.45, 2.75) is 33.1 Å². The molecule has 0 spiro atoms. The zero-order valence-electron chi connectivity index (χ0n) is 11.3. The highest BCUT2D eigenvalue weighted by Gasteiger charge is 2.32. The van der Waals surface area contributed by atoms with Gasteiger partial charge in [-0.25, -0.2) is 0 Å². The minimum absolute atomic E-state index is 0.0275. The second kappa shape index (κ2) is 5.42. The Kier molecular flexibility index (Phi) is 3.90. The van der Waals surface area contributed by atoms with Gasteiger partial charge in [-0.15, -0.1) is 0 Å². The topological polar surface area (TPSA) is 41.1 Å². The van der Waals surface area contributed by atoms with E-state index in [4.69, 9.17) is 0 Å². The number of rotatable bonds is 5. The van der Waals surface area contributed by atoms with Crippen LogP contribution in [-0.4, -0.2) is 19.0 Å². The molecule has 3 nitrogen and oxygen atoms in total. The van der Waals surface area contributed by atoms with Gasteiger partial charge in [0.15, 0.2) is 0 Å². The van der Waals surface area contributed by atoms with E-state index in [0.717, 1.165) is 24.3 Å². The van der Waals surface area contributed by atoms with E-state index in [0.29, 0.717) is 5.41 Å². The summed E-state index contributed by atoms with van der Waals surface area (Å²) in [4.78, 5) is 12.2. The average Bonchev–Trinajstić information content (AvgIpc) is 2.35. The van der Waals surface area contributed by atoms with Gasteiger partial charge >= 0.3 is 0 Å². The summed E-state index contributed by atoms with van der Waals surface area (Å²) < 4.78 is 0. The van der Waals surface area contributed by atoms with Crippen molar-refractivity contribution in [2.24, 2.45) is 5.41 Å². The highest BCUT2D eigenvalue weighted by Crippen LogP contribution is 2.39. The van der Waals surface area contributed by atoms with Crippen LogP contribution in [0, 0.1) is 5.41 Å². The van der Waals surface area contributed by atoms with Gasteiger partial charge in [0.1, 0.15) is 0 Å². The van der Waals surface area contributed by atoms with Crippen LogP contribution in [0.4, 0.5) is 5.69 Å². The number of carbonyl (C=O) groups excluding carboxylic acids is 1. The van der Waals surface area contributed by atoms with Crippen LogP contribution in [0.25, 0.3) is 0 Å². The quantitative estimate of drug-likeness (QED) is 0.838. The highest BCUT2D eigenvalue weighted by atomic mass is 16.1. The molecule has 18 heavy (non-hydrogen) atoms. The minimum Gasteiger partial charge on any atom is -0.385 e. The Morgan fingerprint density at radius 3 is 2.67 bits per heavy atom. The molecule has 0 unspecified atom stereocenters. The van der Waals surface area contributed by atoms with Crippen LogP contribution in [0.3, 0.4) is 0 Å². The van der Waals surface area contributed by atoms with Crippen molar-refractivity contribution in [3.63, 3.8) is 0 Å². The van der Waals surface area contributed by atoms with Crippen LogP contribution in [0.1, 0.15) is 43.5 Å². The van der Waals surface area contributed by atoms with Crippen LogP contribution in [0.5, 0.6) is 0 Å². The molecule has 0 aromatic heterocycles. The molecule has 0 saturated heterocycles. The molecule has 1 fully saturated rings. The fraction of sp³-hybridized carbons (Fsp3) is 0.533. The maximum Gasteiger partial charge on any atom is 0.253 e. The summed E-state index contributed by atoms with van der Waals surface area (Å²) in [6, 6.07) is 7.67. The molecule has 2 N–H and O–H groups in total. The van der Waals surface area contributed by atoms with Crippen LogP contribution < -0.4 is 10.6 Å². The minimum atomic E-state index is 0.0275. The van der Waals surface area contributed by atoms with E-state index in [1.54, 1.807) is 0 Å². The molecule has 0 radical (unpaired) electrons. The van der Waals surface area contributed by atoms with Gasteiger partial charge in [-0.2, -0.15) is 0 Å². The summed E-state index contributed by atoms with van der Waals surface area (Å²) in [7, 11) is 0. The first kappa shape index (κ1) is 12.9. The number of para-hydroxylation sites is 1. The third-order valence-corrected chi connectivity index (χ3v) is 3.78. The molecule has 2 rings (SSSR count). The lowest BCUT2D eigenvalue weighted by Crippen LogP contribution is -2.40. The summed E-state index contributed by atoms with van der Waals surface area (Å²) in [6.07, 6.45) is 3.74. The van der Waals surface area contributed by atoms with Gasteiger partial charge in [-0.1, -0.05) is 25.5 Å². The lowest BCUT2D eigenvalue weighted by atomic mass is 9.70. The average molecular weight is 246 g/mol. The van der Waals surface area contributed by atoms with Crippen molar-refractivity contribution in [1.82, 2.24) is 5.32 Å². The molecule has 3 heteroatoms. The zero-order chi connectivity index (χ0) is 13.0. The summed E-state index contributed by atoms with van der Waals surface area (Å²) in [5, 5.41) is 6.28. The largest absolute Gasteiger partial charge is 0.385 e. The summed E-state index contributed by atoms with van der Waals surface area (Å²) >= 11 is 0. The van der Waals surface area contributed by atoms with E-state index in [2.05, 4.69) is 17.6 Å². The Labute approximate surface area is 109 Å². The van der Waals surface area contributed by atoms with Crippen molar-refractivity contribution in [1.29, 1.82) is 0 Å². The van der Waals surface area contributed by atoms with E-state index in [-0.39, 0.29) is 5.91 Å². The van der Waals surface area contributed by atoms with Crippen molar-refractivity contribution in [3.8, 4) is 0 Å². The van der Waals surface area contributed by atoms with E-state index in [9.17, 15) is 4.79 Å². The van der Waals surface area contributed by atoms with Crippen LogP contribution in [0.2, 0.25) is 0 Å². The Balaban J connectivity index is 1.99. The number of nitrogens with one attached hydrogen (secondary N) is 2. The molecule has 1 aliphatic carbocycles. The van der Waals surface area contributed by atoms with Crippen LogP contribution in [-0.2, 0) is 0 Å². The third-order valence-electron chi connectivity index (χ3n) is 3.78. The van der Waals surface area contributed by atoms with Crippen molar-refractivity contribution >= 4 is 11.6 Å². The second-order valence-corrected chi connectivity index (χ2v) is 5.42. The maximum atomic E-state index is 12.2. The number of benzene rings is 1. The molecule has 1 aromatic rings. The molecule has 0 heterocycles. The van der Waals surface area contributed by atoms with E-state index < -0.39 is 0 Å². The van der Waals surface area contributed by atoms with Crippen LogP contribution >= 0.6 is 0 Å². The lowest BCUT2D eigenvalue weighted by molar-refractivity contribution is 0.0891. The number of carbonyl (C=O) groups is 1. The standard InChI is InChI=1S/C15H22N2O/c1-3-16-13-8-5-4-7-12(13)14(18)17-11-15(2)9-6-10-15/h4-5,7-8,16H,3,6,9-11H2,1-2H3,(H,17,18). The molecule has 0 bridgehead atoms. The predicted octanol–water partition coefficient (Wildman–Crippen LogP) is 3.04. The number of hydrogen-bond acceptors (Lipinski definition) is 2. The van der Waals surface area contributed by atoms with Crippen LogP contribution in [0.15, 0.2) is 24.3 Å². The lowest BCUT2D eigenvalue weighted by Gasteiger charge is -2.38. The third kappa shape index (κ3) is 2.84. The Bertz CT molecular complexity index is 424. The molecule has 98 valence electrons. The molecule has 1 saturated carbocycles. The molecule has 0 aliphatic heterocycles. The maximum absolute atomic E-state index is 12.2. The van der Waals surface area contributed by atoms with Gasteiger partial charge in [-0.3, -0.25) is 4.79 Å². The van der Waals surface area contributed by atoms with E-state index in [1.807, 2.05) is 31.2 Å². The van der Waals surface area contributed by atoms with Gasteiger partial charge in [-0.05, 0) is 37.3 Å². The van der Waals surface area contributed by atoms with Gasteiger partial charge in [0.05, 0.1) is 5.56 Å². The van der Waals surface area contributed by atoms with Gasteiger partial charge < -0.3 is 10.6 Å². The SMILES string of the molecule is CCNc1ccccc1C(=O)NCC1(C)CCC1. The number of hydrogen-bond donors (Lipinski definition) is 2. The summed E-state index contributed by atoms with van der Waals surface area (Å²) in [6.45, 7) is 5.88. The number of anilines is 1. The van der Waals surface area contributed by atoms with E-state index >= 15 is 0 Å². The van der Waals surface area contributed by atoms with E-state index in [1.165, 1.54) is 19.3 Å². The van der Waals surface area contributed by atoms with Gasteiger partial charge in [0.2, 0.25) is 0 Å². The molecular weight excluding hydrogens is 224 g/mol. The summed E-state index contributed by atoms with van der Waals surface area (Å²) in [5.41, 5.74) is 1.97. The fourth-order valence-corrected chi connectivity index (χ4v) is 2.37. The first-order chi connectivity index (χ1) is 8.64. The van der Waals surface area contributed by atoms with Gasteiger partial charge in [0, 0.05) is 18.8 Å². The van der Waals surface area contributed by atoms with Crippen molar-refractivity contribution in [2.75, 3.05) is 18.4 Å². The molecule has 1 aliphatic rings.